The summed E-state index contributed by atoms with van der Waals surface area (Å²) in [6, 6.07) is 18.6. The van der Waals surface area contributed by atoms with Crippen molar-refractivity contribution in [3.63, 3.8) is 0 Å². The average Bonchev–Trinajstić information content (AvgIpc) is 3.17. The predicted molar refractivity (Wildman–Crippen MR) is 137 cm³/mol. The second-order valence-corrected chi connectivity index (χ2v) is 11.1. The maximum absolute atomic E-state index is 13.5. The van der Waals surface area contributed by atoms with E-state index in [9.17, 15) is 18.0 Å². The fraction of sp³-hybridized carbons (Fsp3) is 0.200. The molecular formula is C25H23N3O5S2. The van der Waals surface area contributed by atoms with Gasteiger partial charge in [-0.25, -0.2) is 8.42 Å². The number of ether oxygens (including phenoxy) is 1. The van der Waals surface area contributed by atoms with Crippen LogP contribution in [0.15, 0.2) is 76.4 Å². The first-order chi connectivity index (χ1) is 16.8. The summed E-state index contributed by atoms with van der Waals surface area (Å²) >= 11 is 1.11. The third-order valence-corrected chi connectivity index (χ3v) is 8.60. The van der Waals surface area contributed by atoms with E-state index in [1.807, 2.05) is 13.8 Å². The summed E-state index contributed by atoms with van der Waals surface area (Å²) < 4.78 is 36.6. The SMILES string of the molecule is CCn1c(=O)sc2cc(NC(=O)[C@@H]3CN(S(=O)(=O)c4ccccc4)c4cc(C)ccc4O3)ccc21. The van der Waals surface area contributed by atoms with E-state index >= 15 is 0 Å². The highest BCUT2D eigenvalue weighted by atomic mass is 32.2. The van der Waals surface area contributed by atoms with Crippen molar-refractivity contribution in [2.24, 2.45) is 0 Å². The van der Waals surface area contributed by atoms with Gasteiger partial charge in [0.15, 0.2) is 6.10 Å². The zero-order valence-electron chi connectivity index (χ0n) is 19.1. The lowest BCUT2D eigenvalue weighted by molar-refractivity contribution is -0.122. The number of rotatable bonds is 5. The second-order valence-electron chi connectivity index (χ2n) is 8.21. The van der Waals surface area contributed by atoms with Gasteiger partial charge in [-0.3, -0.25) is 18.5 Å². The smallest absolute Gasteiger partial charge is 0.308 e. The minimum absolute atomic E-state index is 0.0600. The Morgan fingerprint density at radius 2 is 1.89 bits per heavy atom. The Kier molecular flexibility index (Phi) is 5.86. The molecule has 1 aliphatic heterocycles. The first-order valence-corrected chi connectivity index (χ1v) is 13.3. The topological polar surface area (TPSA) is 97.7 Å². The van der Waals surface area contributed by atoms with Gasteiger partial charge in [0.05, 0.1) is 27.3 Å². The van der Waals surface area contributed by atoms with Crippen molar-refractivity contribution in [1.29, 1.82) is 0 Å². The van der Waals surface area contributed by atoms with Gasteiger partial charge in [0.1, 0.15) is 5.75 Å². The number of anilines is 2. The predicted octanol–water partition coefficient (Wildman–Crippen LogP) is 3.99. The molecule has 0 spiro atoms. The fourth-order valence-electron chi connectivity index (χ4n) is 4.11. The normalized spacial score (nSPS) is 15.5. The molecule has 0 aliphatic carbocycles. The highest BCUT2D eigenvalue weighted by molar-refractivity contribution is 7.92. The van der Waals surface area contributed by atoms with Crippen molar-refractivity contribution in [3.8, 4) is 5.75 Å². The molecule has 0 fully saturated rings. The molecule has 0 saturated carbocycles. The van der Waals surface area contributed by atoms with E-state index in [0.717, 1.165) is 27.1 Å². The third kappa shape index (κ3) is 4.19. The first-order valence-electron chi connectivity index (χ1n) is 11.1. The molecule has 10 heteroatoms. The molecular weight excluding hydrogens is 486 g/mol. The van der Waals surface area contributed by atoms with Gasteiger partial charge in [-0.2, -0.15) is 0 Å². The van der Waals surface area contributed by atoms with Crippen LogP contribution in [0.4, 0.5) is 11.4 Å². The molecule has 2 heterocycles. The van der Waals surface area contributed by atoms with Gasteiger partial charge in [0.25, 0.3) is 15.9 Å². The number of aromatic nitrogens is 1. The zero-order chi connectivity index (χ0) is 24.7. The van der Waals surface area contributed by atoms with Crippen molar-refractivity contribution in [1.82, 2.24) is 4.57 Å². The van der Waals surface area contributed by atoms with Crippen molar-refractivity contribution in [2.75, 3.05) is 16.2 Å². The van der Waals surface area contributed by atoms with Crippen LogP contribution in [0.25, 0.3) is 10.2 Å². The number of fused-ring (bicyclic) bond motifs is 2. The molecule has 0 bridgehead atoms. The van der Waals surface area contributed by atoms with Crippen LogP contribution in [0.3, 0.4) is 0 Å². The molecule has 35 heavy (non-hydrogen) atoms. The van der Waals surface area contributed by atoms with Gasteiger partial charge >= 0.3 is 4.87 Å². The highest BCUT2D eigenvalue weighted by Gasteiger charge is 2.37. The van der Waals surface area contributed by atoms with Crippen LogP contribution in [0.2, 0.25) is 0 Å². The van der Waals surface area contributed by atoms with Crippen LogP contribution in [0, 0.1) is 6.92 Å². The lowest BCUT2D eigenvalue weighted by Crippen LogP contribution is -2.48. The van der Waals surface area contributed by atoms with E-state index in [4.69, 9.17) is 4.74 Å². The minimum atomic E-state index is -3.93. The Hall–Kier alpha value is -3.63. The molecule has 1 aliphatic rings. The summed E-state index contributed by atoms with van der Waals surface area (Å²) in [4.78, 5) is 25.4. The molecule has 1 amide bonds. The summed E-state index contributed by atoms with van der Waals surface area (Å²) in [5, 5.41) is 2.81. The Balaban J connectivity index is 1.47. The average molecular weight is 510 g/mol. The maximum atomic E-state index is 13.5. The number of aryl methyl sites for hydroxylation is 2. The Morgan fingerprint density at radius 3 is 2.63 bits per heavy atom. The summed E-state index contributed by atoms with van der Waals surface area (Å²) in [5.74, 6) is -0.165. The number of nitrogens with zero attached hydrogens (tertiary/aromatic N) is 2. The number of amides is 1. The van der Waals surface area contributed by atoms with Crippen LogP contribution in [-0.4, -0.2) is 31.5 Å². The van der Waals surface area contributed by atoms with E-state index < -0.39 is 22.0 Å². The number of hydrogen-bond acceptors (Lipinski definition) is 6. The van der Waals surface area contributed by atoms with Crippen molar-refractivity contribution >= 4 is 48.9 Å². The largest absolute Gasteiger partial charge is 0.476 e. The monoisotopic (exact) mass is 509 g/mol. The number of carbonyl (C=O) groups excluding carboxylic acids is 1. The van der Waals surface area contributed by atoms with Crippen LogP contribution < -0.4 is 19.2 Å². The van der Waals surface area contributed by atoms with E-state index in [-0.39, 0.29) is 16.3 Å². The second kappa shape index (κ2) is 8.86. The molecule has 8 nitrogen and oxygen atoms in total. The van der Waals surface area contributed by atoms with Gasteiger partial charge in [0.2, 0.25) is 0 Å². The standard InChI is InChI=1S/C25H23N3O5S2/c1-3-27-19-11-10-17(14-23(19)34-25(27)30)26-24(29)22-15-28(20-13-16(2)9-12-21(20)33-22)35(31,32)18-7-5-4-6-8-18/h4-14,22H,3,15H2,1-2H3,(H,26,29)/t22-/m0/s1. The molecule has 0 unspecified atom stereocenters. The summed E-state index contributed by atoms with van der Waals surface area (Å²) in [6.07, 6.45) is -1.07. The van der Waals surface area contributed by atoms with E-state index in [2.05, 4.69) is 5.32 Å². The summed E-state index contributed by atoms with van der Waals surface area (Å²) in [5.41, 5.74) is 2.57. The molecule has 1 atom stereocenters. The quantitative estimate of drug-likeness (QED) is 0.439. The van der Waals surface area contributed by atoms with Gasteiger partial charge in [-0.1, -0.05) is 35.6 Å². The molecule has 0 radical (unpaired) electrons. The molecule has 5 rings (SSSR count). The van der Waals surface area contributed by atoms with Crippen LogP contribution in [0.5, 0.6) is 5.75 Å². The number of thiazole rings is 1. The van der Waals surface area contributed by atoms with Gasteiger partial charge < -0.3 is 10.1 Å². The minimum Gasteiger partial charge on any atom is -0.476 e. The summed E-state index contributed by atoms with van der Waals surface area (Å²) in [6.45, 7) is 4.15. The maximum Gasteiger partial charge on any atom is 0.308 e. The Morgan fingerprint density at radius 1 is 1.11 bits per heavy atom. The van der Waals surface area contributed by atoms with Crippen LogP contribution in [0.1, 0.15) is 12.5 Å². The number of sulfonamides is 1. The van der Waals surface area contributed by atoms with Gasteiger partial charge in [-0.05, 0) is 61.9 Å². The van der Waals surface area contributed by atoms with Crippen molar-refractivity contribution in [3.05, 3.63) is 82.0 Å². The third-order valence-electron chi connectivity index (χ3n) is 5.86. The molecule has 4 aromatic rings. The van der Waals surface area contributed by atoms with Gasteiger partial charge in [-0.15, -0.1) is 0 Å². The fourth-order valence-corrected chi connectivity index (χ4v) is 6.59. The van der Waals surface area contributed by atoms with Crippen LogP contribution in [-0.2, 0) is 21.4 Å². The number of hydrogen-bond donors (Lipinski definition) is 1. The number of carbonyl (C=O) groups is 1. The molecule has 1 N–H and O–H groups in total. The van der Waals surface area contributed by atoms with E-state index in [1.54, 1.807) is 59.2 Å². The molecule has 180 valence electrons. The summed E-state index contributed by atoms with van der Waals surface area (Å²) in [7, 11) is -3.93. The molecule has 1 aromatic heterocycles. The van der Waals surface area contributed by atoms with Crippen molar-refractivity contribution < 1.29 is 17.9 Å². The number of benzene rings is 3. The van der Waals surface area contributed by atoms with Crippen LogP contribution >= 0.6 is 11.3 Å². The first kappa shape index (κ1) is 23.1. The highest BCUT2D eigenvalue weighted by Crippen LogP contribution is 2.38. The molecule has 3 aromatic carbocycles. The zero-order valence-corrected chi connectivity index (χ0v) is 20.7. The van der Waals surface area contributed by atoms with E-state index in [0.29, 0.717) is 23.7 Å². The van der Waals surface area contributed by atoms with Gasteiger partial charge in [0, 0.05) is 12.2 Å². The number of nitrogens with one attached hydrogen (secondary N) is 1. The molecule has 0 saturated heterocycles. The van der Waals surface area contributed by atoms with Crippen molar-refractivity contribution in [2.45, 2.75) is 31.4 Å². The Labute approximate surface area is 206 Å². The lowest BCUT2D eigenvalue weighted by Gasteiger charge is -2.35. The lowest BCUT2D eigenvalue weighted by atomic mass is 10.1. The Bertz CT molecular complexity index is 1590. The van der Waals surface area contributed by atoms with E-state index in [1.165, 1.54) is 16.4 Å².